The minimum Gasteiger partial charge on any atom is -0.478 e. The van der Waals surface area contributed by atoms with E-state index < -0.39 is 5.97 Å². The molecule has 0 atom stereocenters. The largest absolute Gasteiger partial charge is 0.478 e. The van der Waals surface area contributed by atoms with Gasteiger partial charge >= 0.3 is 5.97 Å². The van der Waals surface area contributed by atoms with E-state index in [1.54, 1.807) is 24.3 Å². The number of carbonyl (C=O) groups excluding carboxylic acids is 1. The van der Waals surface area contributed by atoms with Crippen molar-refractivity contribution in [2.24, 2.45) is 5.41 Å². The number of amides is 1. The third-order valence-corrected chi connectivity index (χ3v) is 4.39. The number of benzene rings is 1. The topological polar surface area (TPSA) is 66.4 Å². The molecular formula is C17H23NO3. The van der Waals surface area contributed by atoms with Gasteiger partial charge in [0.2, 0.25) is 5.91 Å². The van der Waals surface area contributed by atoms with Crippen LogP contribution >= 0.6 is 0 Å². The van der Waals surface area contributed by atoms with Gasteiger partial charge in [-0.25, -0.2) is 4.79 Å². The van der Waals surface area contributed by atoms with Crippen molar-refractivity contribution in [3.8, 4) is 0 Å². The van der Waals surface area contributed by atoms with Crippen LogP contribution in [0.2, 0.25) is 0 Å². The van der Waals surface area contributed by atoms with Crippen LogP contribution in [0.3, 0.4) is 0 Å². The molecule has 0 aliphatic heterocycles. The monoisotopic (exact) mass is 289 g/mol. The van der Waals surface area contributed by atoms with Crippen molar-refractivity contribution in [2.75, 3.05) is 6.54 Å². The maximum absolute atomic E-state index is 11.9. The van der Waals surface area contributed by atoms with Gasteiger partial charge in [-0.05, 0) is 36.3 Å². The number of aromatic carboxylic acids is 1. The lowest BCUT2D eigenvalue weighted by molar-refractivity contribution is -0.121. The Labute approximate surface area is 125 Å². The summed E-state index contributed by atoms with van der Waals surface area (Å²) in [5.41, 5.74) is 1.24. The van der Waals surface area contributed by atoms with Gasteiger partial charge < -0.3 is 10.4 Å². The van der Waals surface area contributed by atoms with Crippen molar-refractivity contribution in [1.82, 2.24) is 5.32 Å². The first-order valence-electron chi connectivity index (χ1n) is 7.58. The Balaban J connectivity index is 1.83. The van der Waals surface area contributed by atoms with Crippen LogP contribution in [0.1, 0.15) is 54.9 Å². The van der Waals surface area contributed by atoms with Crippen molar-refractivity contribution in [3.05, 3.63) is 35.4 Å². The van der Waals surface area contributed by atoms with E-state index in [2.05, 4.69) is 12.2 Å². The van der Waals surface area contributed by atoms with Gasteiger partial charge in [0.25, 0.3) is 0 Å². The van der Waals surface area contributed by atoms with Crippen molar-refractivity contribution in [3.63, 3.8) is 0 Å². The zero-order valence-electron chi connectivity index (χ0n) is 12.5. The average molecular weight is 289 g/mol. The van der Waals surface area contributed by atoms with E-state index in [9.17, 15) is 9.59 Å². The summed E-state index contributed by atoms with van der Waals surface area (Å²) in [5.74, 6) is -0.937. The summed E-state index contributed by atoms with van der Waals surface area (Å²) in [7, 11) is 0. The molecule has 4 nitrogen and oxygen atoms in total. The fourth-order valence-electron chi connectivity index (χ4n) is 3.00. The molecule has 114 valence electrons. The quantitative estimate of drug-likeness (QED) is 0.846. The summed E-state index contributed by atoms with van der Waals surface area (Å²) in [6.45, 7) is 2.95. The van der Waals surface area contributed by atoms with E-state index in [-0.39, 0.29) is 16.9 Å². The zero-order valence-corrected chi connectivity index (χ0v) is 12.5. The minimum atomic E-state index is -0.940. The predicted molar refractivity (Wildman–Crippen MR) is 81.3 cm³/mol. The molecule has 1 fully saturated rings. The third-order valence-electron chi connectivity index (χ3n) is 4.39. The molecule has 1 aromatic carbocycles. The summed E-state index contributed by atoms with van der Waals surface area (Å²) in [4.78, 5) is 23.0. The smallest absolute Gasteiger partial charge is 0.335 e. The van der Waals surface area contributed by atoms with Crippen molar-refractivity contribution in [1.29, 1.82) is 0 Å². The van der Waals surface area contributed by atoms with Crippen molar-refractivity contribution < 1.29 is 14.7 Å². The summed E-state index contributed by atoms with van der Waals surface area (Å²) in [5, 5.41) is 12.1. The molecule has 0 spiro atoms. The summed E-state index contributed by atoms with van der Waals surface area (Å²) in [6, 6.07) is 6.86. The molecule has 21 heavy (non-hydrogen) atoms. The Morgan fingerprint density at radius 3 is 2.57 bits per heavy atom. The highest BCUT2D eigenvalue weighted by Crippen LogP contribution is 2.36. The maximum atomic E-state index is 11.9. The van der Waals surface area contributed by atoms with Crippen LogP contribution in [0.25, 0.3) is 0 Å². The highest BCUT2D eigenvalue weighted by molar-refractivity contribution is 5.89. The van der Waals surface area contributed by atoms with Gasteiger partial charge in [0.1, 0.15) is 0 Å². The van der Waals surface area contributed by atoms with E-state index in [1.165, 1.54) is 25.7 Å². The van der Waals surface area contributed by atoms with Crippen LogP contribution in [0.4, 0.5) is 0 Å². The van der Waals surface area contributed by atoms with Crippen LogP contribution in [-0.2, 0) is 11.2 Å². The Morgan fingerprint density at radius 2 is 1.90 bits per heavy atom. The molecule has 1 aromatic rings. The summed E-state index contributed by atoms with van der Waals surface area (Å²) >= 11 is 0. The van der Waals surface area contributed by atoms with Crippen LogP contribution in [0.5, 0.6) is 0 Å². The molecule has 0 radical (unpaired) electrons. The number of carboxylic acid groups (broad SMARTS) is 1. The molecule has 1 aliphatic carbocycles. The van der Waals surface area contributed by atoms with Crippen LogP contribution in [0, 0.1) is 5.41 Å². The van der Waals surface area contributed by atoms with E-state index in [1.807, 2.05) is 0 Å². The zero-order chi connectivity index (χ0) is 15.3. The molecule has 2 rings (SSSR count). The van der Waals surface area contributed by atoms with Crippen molar-refractivity contribution in [2.45, 2.75) is 45.4 Å². The number of carboxylic acids is 1. The Morgan fingerprint density at radius 1 is 1.24 bits per heavy atom. The van der Waals surface area contributed by atoms with E-state index in [0.29, 0.717) is 18.4 Å². The molecule has 1 aliphatic rings. The van der Waals surface area contributed by atoms with E-state index in [4.69, 9.17) is 5.11 Å². The first-order valence-corrected chi connectivity index (χ1v) is 7.58. The minimum absolute atomic E-state index is 0.00307. The Bertz CT molecular complexity index is 519. The fourth-order valence-corrected chi connectivity index (χ4v) is 3.00. The first-order chi connectivity index (χ1) is 10.0. The van der Waals surface area contributed by atoms with Crippen LogP contribution < -0.4 is 5.32 Å². The standard InChI is InChI=1S/C17H23NO3/c1-17(10-4-5-11-17)12-18-15(19)9-8-13-6-2-3-7-14(13)16(20)21/h2-3,6-7H,4-5,8-12H2,1H3,(H,18,19)(H,20,21). The number of hydrogen-bond acceptors (Lipinski definition) is 2. The van der Waals surface area contributed by atoms with Gasteiger partial charge in [0.15, 0.2) is 0 Å². The average Bonchev–Trinajstić information content (AvgIpc) is 2.90. The summed E-state index contributed by atoms with van der Waals surface area (Å²) < 4.78 is 0. The molecular weight excluding hydrogens is 266 g/mol. The Kier molecular flexibility index (Phi) is 4.99. The van der Waals surface area contributed by atoms with Gasteiger partial charge in [0, 0.05) is 13.0 Å². The number of hydrogen-bond donors (Lipinski definition) is 2. The lowest BCUT2D eigenvalue weighted by Crippen LogP contribution is -2.34. The van der Waals surface area contributed by atoms with E-state index in [0.717, 1.165) is 6.54 Å². The van der Waals surface area contributed by atoms with Gasteiger partial charge in [0.05, 0.1) is 5.56 Å². The maximum Gasteiger partial charge on any atom is 0.335 e. The normalized spacial score (nSPS) is 16.6. The predicted octanol–water partition coefficient (Wildman–Crippen LogP) is 3.01. The second-order valence-corrected chi connectivity index (χ2v) is 6.26. The second kappa shape index (κ2) is 6.74. The number of aryl methyl sites for hydroxylation is 1. The molecule has 0 saturated heterocycles. The molecule has 2 N–H and O–H groups in total. The van der Waals surface area contributed by atoms with Gasteiger partial charge in [-0.1, -0.05) is 38.0 Å². The Hall–Kier alpha value is -1.84. The fraction of sp³-hybridized carbons (Fsp3) is 0.529. The van der Waals surface area contributed by atoms with Crippen molar-refractivity contribution >= 4 is 11.9 Å². The number of nitrogens with one attached hydrogen (secondary N) is 1. The SMILES string of the molecule is CC1(CNC(=O)CCc2ccccc2C(=O)O)CCCC1. The molecule has 1 amide bonds. The van der Waals surface area contributed by atoms with E-state index >= 15 is 0 Å². The molecule has 4 heteroatoms. The second-order valence-electron chi connectivity index (χ2n) is 6.26. The van der Waals surface area contributed by atoms with Gasteiger partial charge in [-0.15, -0.1) is 0 Å². The van der Waals surface area contributed by atoms with Crippen LogP contribution in [-0.4, -0.2) is 23.5 Å². The highest BCUT2D eigenvalue weighted by atomic mass is 16.4. The summed E-state index contributed by atoms with van der Waals surface area (Å²) in [6.07, 6.45) is 5.65. The molecule has 0 bridgehead atoms. The first kappa shape index (κ1) is 15.5. The lowest BCUT2D eigenvalue weighted by atomic mass is 9.89. The van der Waals surface area contributed by atoms with Gasteiger partial charge in [-0.2, -0.15) is 0 Å². The molecule has 0 aromatic heterocycles. The molecule has 0 heterocycles. The molecule has 1 saturated carbocycles. The third kappa shape index (κ3) is 4.31. The van der Waals surface area contributed by atoms with Gasteiger partial charge in [-0.3, -0.25) is 4.79 Å². The number of rotatable bonds is 6. The lowest BCUT2D eigenvalue weighted by Gasteiger charge is -2.23. The highest BCUT2D eigenvalue weighted by Gasteiger charge is 2.28. The number of carbonyl (C=O) groups is 2. The van der Waals surface area contributed by atoms with Crippen LogP contribution in [0.15, 0.2) is 24.3 Å². The molecule has 0 unspecified atom stereocenters.